The van der Waals surface area contributed by atoms with E-state index in [0.29, 0.717) is 5.69 Å². The van der Waals surface area contributed by atoms with E-state index in [-0.39, 0.29) is 17.8 Å². The molecule has 0 bridgehead atoms. The van der Waals surface area contributed by atoms with Gasteiger partial charge in [-0.15, -0.1) is 0 Å². The lowest BCUT2D eigenvalue weighted by molar-refractivity contribution is -0.137. The molecular formula is C10H12F3N2O3PS. The summed E-state index contributed by atoms with van der Waals surface area (Å²) in [5, 5.41) is 5.21. The number of anilines is 1. The van der Waals surface area contributed by atoms with Crippen molar-refractivity contribution in [3.63, 3.8) is 0 Å². The lowest BCUT2D eigenvalue weighted by atomic mass is 10.2. The lowest BCUT2D eigenvalue weighted by Crippen LogP contribution is -2.30. The molecule has 0 aliphatic carbocycles. The van der Waals surface area contributed by atoms with Crippen LogP contribution in [0, 0.1) is 0 Å². The Kier molecular flexibility index (Phi) is 5.52. The predicted molar refractivity (Wildman–Crippen MR) is 72.6 cm³/mol. The fourth-order valence-corrected chi connectivity index (χ4v) is 1.86. The van der Waals surface area contributed by atoms with Gasteiger partial charge in [-0.25, -0.2) is 0 Å². The van der Waals surface area contributed by atoms with Crippen molar-refractivity contribution in [3.05, 3.63) is 29.8 Å². The Balaban J connectivity index is 2.49. The molecule has 112 valence electrons. The first kappa shape index (κ1) is 16.9. The largest absolute Gasteiger partial charge is 0.416 e. The number of nitrogens with one attached hydrogen (secondary N) is 2. The number of thiocarbonyl (C=S) groups is 1. The van der Waals surface area contributed by atoms with Crippen molar-refractivity contribution in [2.45, 2.75) is 6.18 Å². The van der Waals surface area contributed by atoms with Crippen LogP contribution in [0.1, 0.15) is 5.56 Å². The summed E-state index contributed by atoms with van der Waals surface area (Å²) in [6.07, 6.45) is -4.79. The molecule has 0 amide bonds. The molecule has 4 N–H and O–H groups in total. The van der Waals surface area contributed by atoms with Crippen LogP contribution in [0.15, 0.2) is 24.3 Å². The predicted octanol–water partition coefficient (Wildman–Crippen LogP) is 2.17. The first-order chi connectivity index (χ1) is 9.08. The third-order valence-electron chi connectivity index (χ3n) is 2.16. The van der Waals surface area contributed by atoms with Crippen LogP contribution in [0.3, 0.4) is 0 Å². The maximum atomic E-state index is 12.3. The van der Waals surface area contributed by atoms with Crippen LogP contribution in [0.25, 0.3) is 0 Å². The summed E-state index contributed by atoms with van der Waals surface area (Å²) in [5.74, 6) is 0. The van der Waals surface area contributed by atoms with Gasteiger partial charge in [0, 0.05) is 12.2 Å². The molecule has 10 heteroatoms. The topological polar surface area (TPSA) is 81.6 Å². The Morgan fingerprint density at radius 1 is 1.25 bits per heavy atom. The zero-order valence-electron chi connectivity index (χ0n) is 10.0. The molecular weight excluding hydrogens is 316 g/mol. The Bertz CT molecular complexity index is 515. The third-order valence-corrected chi connectivity index (χ3v) is 3.21. The highest BCUT2D eigenvalue weighted by Crippen LogP contribution is 2.33. The van der Waals surface area contributed by atoms with Crippen molar-refractivity contribution in [1.29, 1.82) is 0 Å². The second-order valence-corrected chi connectivity index (χ2v) is 6.03. The molecule has 0 fully saturated rings. The number of benzene rings is 1. The Morgan fingerprint density at radius 3 is 2.25 bits per heavy atom. The Hall–Kier alpha value is -1.15. The monoisotopic (exact) mass is 328 g/mol. The summed E-state index contributed by atoms with van der Waals surface area (Å²) in [5.41, 5.74) is -0.435. The minimum atomic E-state index is -4.40. The van der Waals surface area contributed by atoms with E-state index >= 15 is 0 Å². The SMILES string of the molecule is O=P(O)(O)CCNC(=S)Nc1ccc(C(F)(F)F)cc1. The third kappa shape index (κ3) is 6.33. The van der Waals surface area contributed by atoms with Gasteiger partial charge in [0.05, 0.1) is 11.7 Å². The van der Waals surface area contributed by atoms with Crippen molar-refractivity contribution in [1.82, 2.24) is 5.32 Å². The Morgan fingerprint density at radius 2 is 1.80 bits per heavy atom. The quantitative estimate of drug-likeness (QED) is 0.501. The van der Waals surface area contributed by atoms with E-state index in [2.05, 4.69) is 10.6 Å². The van der Waals surface area contributed by atoms with Crippen LogP contribution in [-0.4, -0.2) is 27.6 Å². The molecule has 0 aromatic heterocycles. The minimum absolute atomic E-state index is 0.0449. The van der Waals surface area contributed by atoms with Gasteiger partial charge in [-0.05, 0) is 36.5 Å². The standard InChI is InChI=1S/C10H12F3N2O3PS/c11-10(12,13)7-1-3-8(4-2-7)15-9(20)14-5-6-19(16,17)18/h1-4H,5-6H2,(H2,14,15,20)(H2,16,17,18). The molecule has 1 aromatic carbocycles. The second-order valence-electron chi connectivity index (χ2n) is 3.84. The minimum Gasteiger partial charge on any atom is -0.362 e. The van der Waals surface area contributed by atoms with Gasteiger partial charge in [-0.3, -0.25) is 4.57 Å². The number of hydrogen-bond acceptors (Lipinski definition) is 2. The molecule has 1 aromatic rings. The molecule has 0 spiro atoms. The van der Waals surface area contributed by atoms with Crippen LogP contribution in [0.4, 0.5) is 18.9 Å². The molecule has 0 atom stereocenters. The van der Waals surface area contributed by atoms with Crippen LogP contribution >= 0.6 is 19.8 Å². The molecule has 5 nitrogen and oxygen atoms in total. The first-order valence-electron chi connectivity index (χ1n) is 5.34. The van der Waals surface area contributed by atoms with Gasteiger partial charge < -0.3 is 20.4 Å². The van der Waals surface area contributed by atoms with Crippen molar-refractivity contribution >= 4 is 30.6 Å². The zero-order valence-corrected chi connectivity index (χ0v) is 11.7. The van der Waals surface area contributed by atoms with Crippen LogP contribution in [-0.2, 0) is 10.7 Å². The fourth-order valence-electron chi connectivity index (χ4n) is 1.23. The number of rotatable bonds is 4. The number of alkyl halides is 3. The summed E-state index contributed by atoms with van der Waals surface area (Å²) < 4.78 is 47.6. The van der Waals surface area contributed by atoms with Crippen molar-refractivity contribution in [2.75, 3.05) is 18.0 Å². The van der Waals surface area contributed by atoms with Crippen molar-refractivity contribution in [3.8, 4) is 0 Å². The maximum absolute atomic E-state index is 12.3. The van der Waals surface area contributed by atoms with Gasteiger partial charge in [0.15, 0.2) is 5.11 Å². The summed E-state index contributed by atoms with van der Waals surface area (Å²) in [6.45, 7) is -0.0449. The molecule has 0 radical (unpaired) electrons. The van der Waals surface area contributed by atoms with Gasteiger partial charge in [0.2, 0.25) is 0 Å². The van der Waals surface area contributed by atoms with Crippen LogP contribution in [0.5, 0.6) is 0 Å². The zero-order chi connectivity index (χ0) is 15.4. The van der Waals surface area contributed by atoms with E-state index in [1.807, 2.05) is 0 Å². The highest BCUT2D eigenvalue weighted by molar-refractivity contribution is 7.80. The smallest absolute Gasteiger partial charge is 0.362 e. The van der Waals surface area contributed by atoms with Crippen LogP contribution < -0.4 is 10.6 Å². The highest BCUT2D eigenvalue weighted by atomic mass is 32.1. The average Bonchev–Trinajstić information content (AvgIpc) is 2.26. The summed E-state index contributed by atoms with van der Waals surface area (Å²) in [4.78, 5) is 17.3. The van der Waals surface area contributed by atoms with E-state index in [4.69, 9.17) is 22.0 Å². The normalized spacial score (nSPS) is 12.1. The van der Waals surface area contributed by atoms with Gasteiger partial charge in [0.25, 0.3) is 0 Å². The average molecular weight is 328 g/mol. The van der Waals surface area contributed by atoms with Crippen molar-refractivity contribution in [2.24, 2.45) is 0 Å². The van der Waals surface area contributed by atoms with Gasteiger partial charge in [-0.2, -0.15) is 13.2 Å². The summed E-state index contributed by atoms with van der Waals surface area (Å²) >= 11 is 4.83. The Labute approximate surface area is 118 Å². The molecule has 20 heavy (non-hydrogen) atoms. The molecule has 0 unspecified atom stereocenters. The summed E-state index contributed by atoms with van der Waals surface area (Å²) in [7, 11) is -4.10. The fraction of sp³-hybridized carbons (Fsp3) is 0.300. The van der Waals surface area contributed by atoms with Gasteiger partial charge in [0.1, 0.15) is 0 Å². The summed E-state index contributed by atoms with van der Waals surface area (Å²) in [6, 6.07) is 4.22. The molecule has 1 rings (SSSR count). The molecule has 0 saturated carbocycles. The van der Waals surface area contributed by atoms with E-state index in [9.17, 15) is 17.7 Å². The molecule has 0 aliphatic heterocycles. The van der Waals surface area contributed by atoms with Gasteiger partial charge >= 0.3 is 13.8 Å². The number of halogens is 3. The second kappa shape index (κ2) is 6.53. The van der Waals surface area contributed by atoms with E-state index < -0.39 is 19.3 Å². The van der Waals surface area contributed by atoms with Crippen molar-refractivity contribution < 1.29 is 27.5 Å². The highest BCUT2D eigenvalue weighted by Gasteiger charge is 2.29. The maximum Gasteiger partial charge on any atom is 0.416 e. The lowest BCUT2D eigenvalue weighted by Gasteiger charge is -2.12. The van der Waals surface area contributed by atoms with E-state index in [0.717, 1.165) is 12.1 Å². The van der Waals surface area contributed by atoms with E-state index in [1.54, 1.807) is 0 Å². The molecule has 0 saturated heterocycles. The number of hydrogen-bond donors (Lipinski definition) is 4. The van der Waals surface area contributed by atoms with Gasteiger partial charge in [-0.1, -0.05) is 0 Å². The first-order valence-corrected chi connectivity index (χ1v) is 7.55. The van der Waals surface area contributed by atoms with Crippen LogP contribution in [0.2, 0.25) is 0 Å². The van der Waals surface area contributed by atoms with E-state index in [1.165, 1.54) is 12.1 Å². The molecule has 0 aliphatic rings. The molecule has 0 heterocycles.